The minimum Gasteiger partial charge on any atom is -0.394 e. The molecule has 0 aromatic heterocycles. The SMILES string of the molecule is Cc1ccc(Br)c(C(=O)NC(CO)CC(C)C)c1. The smallest absolute Gasteiger partial charge is 0.252 e. The molecule has 1 atom stereocenters. The Hall–Kier alpha value is -0.870. The van der Waals surface area contributed by atoms with Gasteiger partial charge in [-0.1, -0.05) is 25.5 Å². The summed E-state index contributed by atoms with van der Waals surface area (Å²) in [6, 6.07) is 5.45. The molecule has 0 spiro atoms. The van der Waals surface area contributed by atoms with Crippen molar-refractivity contribution in [1.82, 2.24) is 5.32 Å². The summed E-state index contributed by atoms with van der Waals surface area (Å²) < 4.78 is 0.770. The van der Waals surface area contributed by atoms with Gasteiger partial charge in [0.1, 0.15) is 0 Å². The van der Waals surface area contributed by atoms with Crippen molar-refractivity contribution in [1.29, 1.82) is 0 Å². The van der Waals surface area contributed by atoms with Gasteiger partial charge in [-0.3, -0.25) is 4.79 Å². The number of aryl methyl sites for hydroxylation is 1. The van der Waals surface area contributed by atoms with Gasteiger partial charge in [0, 0.05) is 4.47 Å². The van der Waals surface area contributed by atoms with Gasteiger partial charge >= 0.3 is 0 Å². The van der Waals surface area contributed by atoms with Gasteiger partial charge in [0.2, 0.25) is 0 Å². The summed E-state index contributed by atoms with van der Waals surface area (Å²) in [5.74, 6) is 0.286. The predicted molar refractivity (Wildman–Crippen MR) is 76.7 cm³/mol. The van der Waals surface area contributed by atoms with Gasteiger partial charge in [-0.25, -0.2) is 0 Å². The first-order valence-electron chi connectivity index (χ1n) is 6.12. The monoisotopic (exact) mass is 313 g/mol. The van der Waals surface area contributed by atoms with E-state index in [9.17, 15) is 9.90 Å². The zero-order valence-corrected chi connectivity index (χ0v) is 12.6. The average Bonchev–Trinajstić information content (AvgIpc) is 2.30. The van der Waals surface area contributed by atoms with Crippen LogP contribution in [-0.2, 0) is 0 Å². The molecule has 0 aliphatic carbocycles. The summed E-state index contributed by atoms with van der Waals surface area (Å²) in [6.45, 7) is 6.04. The summed E-state index contributed by atoms with van der Waals surface area (Å²) in [6.07, 6.45) is 0.770. The second-order valence-corrected chi connectivity index (χ2v) is 5.82. The fourth-order valence-corrected chi connectivity index (χ4v) is 2.25. The third-order valence-corrected chi connectivity index (χ3v) is 3.37. The Bertz CT molecular complexity index is 418. The van der Waals surface area contributed by atoms with E-state index in [2.05, 4.69) is 35.1 Å². The Kier molecular flexibility index (Phi) is 5.82. The van der Waals surface area contributed by atoms with Gasteiger partial charge in [0.25, 0.3) is 5.91 Å². The lowest BCUT2D eigenvalue weighted by Gasteiger charge is -2.18. The molecule has 100 valence electrons. The molecule has 1 rings (SSSR count). The van der Waals surface area contributed by atoms with E-state index >= 15 is 0 Å². The molecule has 18 heavy (non-hydrogen) atoms. The summed E-state index contributed by atoms with van der Waals surface area (Å²) in [4.78, 5) is 12.1. The Labute approximate surface area is 117 Å². The topological polar surface area (TPSA) is 49.3 Å². The average molecular weight is 314 g/mol. The van der Waals surface area contributed by atoms with Crippen LogP contribution in [-0.4, -0.2) is 23.7 Å². The molecule has 0 saturated heterocycles. The van der Waals surface area contributed by atoms with Crippen LogP contribution >= 0.6 is 15.9 Å². The van der Waals surface area contributed by atoms with Gasteiger partial charge < -0.3 is 10.4 Å². The fraction of sp³-hybridized carbons (Fsp3) is 0.500. The molecule has 1 aromatic rings. The standard InChI is InChI=1S/C14H20BrNO2/c1-9(2)6-11(8-17)16-14(18)12-7-10(3)4-5-13(12)15/h4-5,7,9,11,17H,6,8H2,1-3H3,(H,16,18). The molecular weight excluding hydrogens is 294 g/mol. The van der Waals surface area contributed by atoms with Crippen LogP contribution in [0.2, 0.25) is 0 Å². The largest absolute Gasteiger partial charge is 0.394 e. The third kappa shape index (κ3) is 4.42. The third-order valence-electron chi connectivity index (χ3n) is 2.68. The molecular formula is C14H20BrNO2. The van der Waals surface area contributed by atoms with Gasteiger partial charge in [0.05, 0.1) is 18.2 Å². The van der Waals surface area contributed by atoms with Crippen molar-refractivity contribution >= 4 is 21.8 Å². The second-order valence-electron chi connectivity index (χ2n) is 4.97. The molecule has 1 unspecified atom stereocenters. The maximum Gasteiger partial charge on any atom is 0.252 e. The zero-order chi connectivity index (χ0) is 13.7. The van der Waals surface area contributed by atoms with Crippen LogP contribution in [0.3, 0.4) is 0 Å². The highest BCUT2D eigenvalue weighted by atomic mass is 79.9. The highest BCUT2D eigenvalue weighted by Gasteiger charge is 2.16. The lowest BCUT2D eigenvalue weighted by atomic mass is 10.0. The van der Waals surface area contributed by atoms with Gasteiger partial charge in [-0.15, -0.1) is 0 Å². The van der Waals surface area contributed by atoms with Gasteiger partial charge in [0.15, 0.2) is 0 Å². The Morgan fingerprint density at radius 2 is 2.11 bits per heavy atom. The van der Waals surface area contributed by atoms with Crippen molar-refractivity contribution in [2.75, 3.05) is 6.61 Å². The van der Waals surface area contributed by atoms with Crippen LogP contribution in [0, 0.1) is 12.8 Å². The molecule has 2 N–H and O–H groups in total. The number of carbonyl (C=O) groups is 1. The van der Waals surface area contributed by atoms with Crippen LogP contribution in [0.1, 0.15) is 36.2 Å². The van der Waals surface area contributed by atoms with Crippen molar-refractivity contribution in [3.63, 3.8) is 0 Å². The normalized spacial score (nSPS) is 12.6. The number of hydrogen-bond acceptors (Lipinski definition) is 2. The predicted octanol–water partition coefficient (Wildman–Crippen LogP) is 2.89. The van der Waals surface area contributed by atoms with E-state index in [0.717, 1.165) is 16.5 Å². The minimum atomic E-state index is -0.190. The molecule has 4 heteroatoms. The van der Waals surface area contributed by atoms with Crippen molar-refractivity contribution in [3.05, 3.63) is 33.8 Å². The van der Waals surface area contributed by atoms with E-state index in [1.807, 2.05) is 25.1 Å². The highest BCUT2D eigenvalue weighted by molar-refractivity contribution is 9.10. The molecule has 0 heterocycles. The Morgan fingerprint density at radius 1 is 1.44 bits per heavy atom. The van der Waals surface area contributed by atoms with Crippen LogP contribution in [0.5, 0.6) is 0 Å². The first kappa shape index (κ1) is 15.2. The Morgan fingerprint density at radius 3 is 2.67 bits per heavy atom. The van der Waals surface area contributed by atoms with E-state index in [0.29, 0.717) is 11.5 Å². The van der Waals surface area contributed by atoms with Crippen LogP contribution in [0.25, 0.3) is 0 Å². The maximum atomic E-state index is 12.1. The summed E-state index contributed by atoms with van der Waals surface area (Å²) in [5, 5.41) is 12.1. The van der Waals surface area contributed by atoms with Crippen molar-refractivity contribution in [2.24, 2.45) is 5.92 Å². The van der Waals surface area contributed by atoms with Gasteiger partial charge in [-0.05, 0) is 47.3 Å². The number of nitrogens with one attached hydrogen (secondary N) is 1. The number of hydrogen-bond donors (Lipinski definition) is 2. The molecule has 0 fully saturated rings. The van der Waals surface area contributed by atoms with E-state index in [1.54, 1.807) is 0 Å². The lowest BCUT2D eigenvalue weighted by molar-refractivity contribution is 0.0907. The minimum absolute atomic E-state index is 0.0344. The highest BCUT2D eigenvalue weighted by Crippen LogP contribution is 2.18. The zero-order valence-electron chi connectivity index (χ0n) is 11.0. The first-order valence-corrected chi connectivity index (χ1v) is 6.91. The summed E-state index contributed by atoms with van der Waals surface area (Å²) in [7, 11) is 0. The fourth-order valence-electron chi connectivity index (χ4n) is 1.82. The summed E-state index contributed by atoms with van der Waals surface area (Å²) >= 11 is 3.37. The number of halogens is 1. The van der Waals surface area contributed by atoms with E-state index in [1.165, 1.54) is 0 Å². The first-order chi connectivity index (χ1) is 8.43. The van der Waals surface area contributed by atoms with Crippen LogP contribution < -0.4 is 5.32 Å². The van der Waals surface area contributed by atoms with E-state index < -0.39 is 0 Å². The maximum absolute atomic E-state index is 12.1. The molecule has 0 saturated carbocycles. The van der Waals surface area contributed by atoms with Crippen LogP contribution in [0.4, 0.5) is 0 Å². The summed E-state index contributed by atoms with van der Waals surface area (Å²) in [5.41, 5.74) is 1.64. The van der Waals surface area contributed by atoms with Crippen molar-refractivity contribution in [3.8, 4) is 0 Å². The molecule has 0 bridgehead atoms. The number of rotatable bonds is 5. The van der Waals surface area contributed by atoms with Crippen molar-refractivity contribution in [2.45, 2.75) is 33.2 Å². The molecule has 1 amide bonds. The quantitative estimate of drug-likeness (QED) is 0.878. The lowest BCUT2D eigenvalue weighted by Crippen LogP contribution is -2.38. The van der Waals surface area contributed by atoms with E-state index in [4.69, 9.17) is 0 Å². The van der Waals surface area contributed by atoms with Gasteiger partial charge in [-0.2, -0.15) is 0 Å². The molecule has 1 aromatic carbocycles. The molecule has 0 aliphatic rings. The molecule has 3 nitrogen and oxygen atoms in total. The molecule has 0 radical (unpaired) electrons. The van der Waals surface area contributed by atoms with Crippen molar-refractivity contribution < 1.29 is 9.90 Å². The number of aliphatic hydroxyl groups excluding tert-OH is 1. The number of carbonyl (C=O) groups excluding carboxylic acids is 1. The second kappa shape index (κ2) is 6.90. The molecule has 0 aliphatic heterocycles. The number of aliphatic hydroxyl groups is 1. The number of amides is 1. The Balaban J connectivity index is 2.77. The number of benzene rings is 1. The van der Waals surface area contributed by atoms with Crippen LogP contribution in [0.15, 0.2) is 22.7 Å². The van der Waals surface area contributed by atoms with E-state index in [-0.39, 0.29) is 18.6 Å².